The summed E-state index contributed by atoms with van der Waals surface area (Å²) in [5.41, 5.74) is 6.69. The van der Waals surface area contributed by atoms with Crippen molar-refractivity contribution in [3.8, 4) is 11.5 Å². The Bertz CT molecular complexity index is 789. The predicted octanol–water partition coefficient (Wildman–Crippen LogP) is 4.03. The van der Waals surface area contributed by atoms with Crippen LogP contribution in [0.25, 0.3) is 22.6 Å². The van der Waals surface area contributed by atoms with Gasteiger partial charge in [0.2, 0.25) is 5.89 Å². The molecular weight excluding hydrogens is 248 g/mol. The van der Waals surface area contributed by atoms with Gasteiger partial charge in [0.25, 0.3) is 0 Å². The SMILES string of the molecule is CCc1ccc2oc(-c3ccc4c(c3)NCC4)nc2c1. The maximum absolute atomic E-state index is 5.87. The van der Waals surface area contributed by atoms with Gasteiger partial charge in [0.05, 0.1) is 0 Å². The van der Waals surface area contributed by atoms with E-state index in [1.54, 1.807) is 0 Å². The number of aromatic nitrogens is 1. The molecule has 0 bridgehead atoms. The first kappa shape index (κ1) is 11.5. The Kier molecular flexibility index (Phi) is 2.52. The van der Waals surface area contributed by atoms with Crippen LogP contribution in [0.2, 0.25) is 0 Å². The number of nitrogens with one attached hydrogen (secondary N) is 1. The van der Waals surface area contributed by atoms with Crippen LogP contribution >= 0.6 is 0 Å². The molecule has 20 heavy (non-hydrogen) atoms. The highest BCUT2D eigenvalue weighted by molar-refractivity contribution is 5.78. The van der Waals surface area contributed by atoms with Crippen LogP contribution in [0.15, 0.2) is 40.8 Å². The van der Waals surface area contributed by atoms with E-state index in [1.807, 2.05) is 6.07 Å². The average Bonchev–Trinajstić information content (AvgIpc) is 3.11. The Morgan fingerprint density at radius 2 is 2.15 bits per heavy atom. The summed E-state index contributed by atoms with van der Waals surface area (Å²) in [6, 6.07) is 12.6. The molecule has 0 unspecified atom stereocenters. The quantitative estimate of drug-likeness (QED) is 0.759. The highest BCUT2D eigenvalue weighted by Crippen LogP contribution is 2.30. The van der Waals surface area contributed by atoms with Gasteiger partial charge in [0, 0.05) is 17.8 Å². The summed E-state index contributed by atoms with van der Waals surface area (Å²) in [6.07, 6.45) is 2.12. The molecule has 1 aliphatic heterocycles. The zero-order valence-electron chi connectivity index (χ0n) is 11.4. The molecule has 1 aromatic heterocycles. The van der Waals surface area contributed by atoms with E-state index in [1.165, 1.54) is 16.8 Å². The molecule has 2 heterocycles. The molecule has 3 heteroatoms. The van der Waals surface area contributed by atoms with E-state index in [9.17, 15) is 0 Å². The van der Waals surface area contributed by atoms with Gasteiger partial charge in [-0.3, -0.25) is 0 Å². The van der Waals surface area contributed by atoms with Crippen molar-refractivity contribution in [1.29, 1.82) is 0 Å². The van der Waals surface area contributed by atoms with Crippen molar-refractivity contribution in [3.05, 3.63) is 47.5 Å². The number of nitrogens with zero attached hydrogens (tertiary/aromatic N) is 1. The highest BCUT2D eigenvalue weighted by Gasteiger charge is 2.14. The van der Waals surface area contributed by atoms with Crippen LogP contribution < -0.4 is 5.32 Å². The molecule has 1 aliphatic rings. The molecule has 0 spiro atoms. The van der Waals surface area contributed by atoms with Gasteiger partial charge in [-0.05, 0) is 48.2 Å². The molecule has 0 aliphatic carbocycles. The normalized spacial score (nSPS) is 13.4. The fourth-order valence-electron chi connectivity index (χ4n) is 2.74. The third-order valence-corrected chi connectivity index (χ3v) is 3.93. The van der Waals surface area contributed by atoms with Crippen LogP contribution in [0.5, 0.6) is 0 Å². The van der Waals surface area contributed by atoms with Crippen molar-refractivity contribution in [2.24, 2.45) is 0 Å². The molecule has 2 aromatic carbocycles. The molecule has 0 saturated heterocycles. The lowest BCUT2D eigenvalue weighted by atomic mass is 10.1. The van der Waals surface area contributed by atoms with Crippen molar-refractivity contribution >= 4 is 16.8 Å². The van der Waals surface area contributed by atoms with E-state index in [2.05, 4.69) is 47.6 Å². The summed E-state index contributed by atoms with van der Waals surface area (Å²) < 4.78 is 5.87. The minimum atomic E-state index is 0.699. The fraction of sp³-hybridized carbons (Fsp3) is 0.235. The zero-order valence-corrected chi connectivity index (χ0v) is 11.4. The molecule has 0 saturated carbocycles. The molecule has 100 valence electrons. The second kappa shape index (κ2) is 4.37. The Morgan fingerprint density at radius 1 is 1.20 bits per heavy atom. The van der Waals surface area contributed by atoms with E-state index in [-0.39, 0.29) is 0 Å². The van der Waals surface area contributed by atoms with E-state index in [0.29, 0.717) is 5.89 Å². The van der Waals surface area contributed by atoms with E-state index < -0.39 is 0 Å². The molecule has 1 N–H and O–H groups in total. The summed E-state index contributed by atoms with van der Waals surface area (Å²) in [5, 5.41) is 3.39. The monoisotopic (exact) mass is 264 g/mol. The molecule has 0 fully saturated rings. The van der Waals surface area contributed by atoms with Crippen LogP contribution in [-0.2, 0) is 12.8 Å². The van der Waals surface area contributed by atoms with Crippen molar-refractivity contribution in [2.75, 3.05) is 11.9 Å². The van der Waals surface area contributed by atoms with Crippen LogP contribution in [0.3, 0.4) is 0 Å². The molecule has 3 nitrogen and oxygen atoms in total. The third-order valence-electron chi connectivity index (χ3n) is 3.93. The zero-order chi connectivity index (χ0) is 13.5. The van der Waals surface area contributed by atoms with Crippen LogP contribution in [-0.4, -0.2) is 11.5 Å². The first-order valence-electron chi connectivity index (χ1n) is 7.10. The van der Waals surface area contributed by atoms with Crippen molar-refractivity contribution in [2.45, 2.75) is 19.8 Å². The van der Waals surface area contributed by atoms with Gasteiger partial charge < -0.3 is 9.73 Å². The number of rotatable bonds is 2. The second-order valence-electron chi connectivity index (χ2n) is 5.22. The molecule has 0 amide bonds. The largest absolute Gasteiger partial charge is 0.436 e. The average molecular weight is 264 g/mol. The smallest absolute Gasteiger partial charge is 0.227 e. The number of hydrogen-bond acceptors (Lipinski definition) is 3. The van der Waals surface area contributed by atoms with Crippen molar-refractivity contribution in [1.82, 2.24) is 4.98 Å². The summed E-state index contributed by atoms with van der Waals surface area (Å²) in [6.45, 7) is 3.17. The van der Waals surface area contributed by atoms with Gasteiger partial charge in [-0.15, -0.1) is 0 Å². The van der Waals surface area contributed by atoms with Crippen molar-refractivity contribution in [3.63, 3.8) is 0 Å². The maximum Gasteiger partial charge on any atom is 0.227 e. The number of hydrogen-bond donors (Lipinski definition) is 1. The Labute approximate surface area is 117 Å². The van der Waals surface area contributed by atoms with Crippen molar-refractivity contribution < 1.29 is 4.42 Å². The van der Waals surface area contributed by atoms with Gasteiger partial charge in [-0.2, -0.15) is 0 Å². The lowest BCUT2D eigenvalue weighted by molar-refractivity contribution is 0.620. The van der Waals surface area contributed by atoms with Crippen LogP contribution in [0, 0.1) is 0 Å². The minimum absolute atomic E-state index is 0.699. The van der Waals surface area contributed by atoms with Gasteiger partial charge in [0.15, 0.2) is 5.58 Å². The second-order valence-corrected chi connectivity index (χ2v) is 5.22. The van der Waals surface area contributed by atoms with E-state index >= 15 is 0 Å². The Balaban J connectivity index is 1.81. The minimum Gasteiger partial charge on any atom is -0.436 e. The third kappa shape index (κ3) is 1.78. The number of fused-ring (bicyclic) bond motifs is 2. The number of oxazole rings is 1. The summed E-state index contributed by atoms with van der Waals surface area (Å²) in [4.78, 5) is 4.62. The predicted molar refractivity (Wildman–Crippen MR) is 81.0 cm³/mol. The fourth-order valence-corrected chi connectivity index (χ4v) is 2.74. The van der Waals surface area contributed by atoms with Gasteiger partial charge >= 0.3 is 0 Å². The standard InChI is InChI=1S/C17H16N2O/c1-2-11-3-6-16-15(9-11)19-17(20-16)13-5-4-12-7-8-18-14(12)10-13/h3-6,9-10,18H,2,7-8H2,1H3. The first-order chi connectivity index (χ1) is 9.83. The topological polar surface area (TPSA) is 38.1 Å². The lowest BCUT2D eigenvalue weighted by Gasteiger charge is -2.01. The lowest BCUT2D eigenvalue weighted by Crippen LogP contribution is -1.91. The van der Waals surface area contributed by atoms with Crippen LogP contribution in [0.1, 0.15) is 18.1 Å². The van der Waals surface area contributed by atoms with E-state index in [0.717, 1.165) is 36.0 Å². The van der Waals surface area contributed by atoms with E-state index in [4.69, 9.17) is 4.42 Å². The summed E-state index contributed by atoms with van der Waals surface area (Å²) in [5.74, 6) is 0.699. The first-order valence-corrected chi connectivity index (χ1v) is 7.10. The number of benzene rings is 2. The molecule has 0 radical (unpaired) electrons. The Morgan fingerprint density at radius 3 is 3.05 bits per heavy atom. The summed E-state index contributed by atoms with van der Waals surface area (Å²) in [7, 11) is 0. The number of anilines is 1. The van der Waals surface area contributed by atoms with Gasteiger partial charge in [-0.1, -0.05) is 19.1 Å². The van der Waals surface area contributed by atoms with Crippen LogP contribution in [0.4, 0.5) is 5.69 Å². The molecule has 3 aromatic rings. The molecule has 4 rings (SSSR count). The molecular formula is C17H16N2O. The Hall–Kier alpha value is -2.29. The van der Waals surface area contributed by atoms with Gasteiger partial charge in [-0.25, -0.2) is 4.98 Å². The number of aryl methyl sites for hydroxylation is 1. The molecule has 0 atom stereocenters. The summed E-state index contributed by atoms with van der Waals surface area (Å²) >= 11 is 0. The maximum atomic E-state index is 5.87. The van der Waals surface area contributed by atoms with Gasteiger partial charge in [0.1, 0.15) is 5.52 Å². The highest BCUT2D eigenvalue weighted by atomic mass is 16.3.